The van der Waals surface area contributed by atoms with Gasteiger partial charge in [0.25, 0.3) is 5.91 Å². The molecule has 1 atom stereocenters. The highest BCUT2D eigenvalue weighted by Gasteiger charge is 2.32. The van der Waals surface area contributed by atoms with E-state index in [9.17, 15) is 18.8 Å². The summed E-state index contributed by atoms with van der Waals surface area (Å²) in [7, 11) is 1.26. The summed E-state index contributed by atoms with van der Waals surface area (Å²) in [6, 6.07) is 12.0. The van der Waals surface area contributed by atoms with Crippen molar-refractivity contribution in [1.29, 1.82) is 0 Å². The van der Waals surface area contributed by atoms with Crippen molar-refractivity contribution in [3.63, 3.8) is 0 Å². The van der Waals surface area contributed by atoms with Crippen LogP contribution in [0.3, 0.4) is 0 Å². The summed E-state index contributed by atoms with van der Waals surface area (Å²) in [6.07, 6.45) is 0.186. The van der Waals surface area contributed by atoms with Crippen LogP contribution in [-0.2, 0) is 19.9 Å². The van der Waals surface area contributed by atoms with Gasteiger partial charge in [0.05, 0.1) is 19.1 Å². The van der Waals surface area contributed by atoms with Gasteiger partial charge < -0.3 is 15.4 Å². The summed E-state index contributed by atoms with van der Waals surface area (Å²) in [5.74, 6) is -1.55. The number of anilines is 1. The van der Waals surface area contributed by atoms with Crippen LogP contribution in [0.1, 0.15) is 42.6 Å². The van der Waals surface area contributed by atoms with E-state index >= 15 is 0 Å². The van der Waals surface area contributed by atoms with Crippen molar-refractivity contribution in [2.45, 2.75) is 32.2 Å². The van der Waals surface area contributed by atoms with Crippen LogP contribution in [0, 0.1) is 5.82 Å². The Bertz CT molecular complexity index is 867. The second-order valence-electron chi connectivity index (χ2n) is 6.53. The van der Waals surface area contributed by atoms with Crippen molar-refractivity contribution in [2.75, 3.05) is 12.4 Å². The second kappa shape index (κ2) is 9.12. The average Bonchev–Trinajstić information content (AvgIpc) is 2.68. The zero-order valence-corrected chi connectivity index (χ0v) is 16.0. The Morgan fingerprint density at radius 1 is 1.11 bits per heavy atom. The molecule has 0 fully saturated rings. The summed E-state index contributed by atoms with van der Waals surface area (Å²) >= 11 is 0. The number of nitrogens with one attached hydrogen (secondary N) is 2. The molecule has 2 aromatic rings. The normalized spacial score (nSPS) is 12.6. The van der Waals surface area contributed by atoms with E-state index in [1.165, 1.54) is 31.4 Å². The molecule has 6 nitrogen and oxygen atoms in total. The smallest absolute Gasteiger partial charge is 0.308 e. The number of ether oxygens (including phenoxy) is 1. The summed E-state index contributed by atoms with van der Waals surface area (Å²) in [5, 5.41) is 5.52. The van der Waals surface area contributed by atoms with E-state index in [2.05, 4.69) is 10.6 Å². The van der Waals surface area contributed by atoms with Gasteiger partial charge in [0.15, 0.2) is 0 Å². The van der Waals surface area contributed by atoms with E-state index in [1.54, 1.807) is 38.1 Å². The number of rotatable bonds is 7. The first-order valence-corrected chi connectivity index (χ1v) is 8.82. The molecule has 0 aliphatic rings. The molecular formula is C21H23FN2O4. The van der Waals surface area contributed by atoms with Crippen molar-refractivity contribution < 1.29 is 23.5 Å². The zero-order chi connectivity index (χ0) is 20.7. The lowest BCUT2D eigenvalue weighted by molar-refractivity contribution is -0.142. The third kappa shape index (κ3) is 5.39. The maximum absolute atomic E-state index is 13.3. The minimum atomic E-state index is -1.11. The molecule has 2 amide bonds. The molecule has 7 heteroatoms. The topological polar surface area (TPSA) is 84.5 Å². The van der Waals surface area contributed by atoms with Gasteiger partial charge in [-0.25, -0.2) is 4.39 Å². The lowest BCUT2D eigenvalue weighted by Gasteiger charge is -2.30. The molecule has 2 N–H and O–H groups in total. The Labute approximate surface area is 163 Å². The molecule has 0 aliphatic carbocycles. The molecule has 0 radical (unpaired) electrons. The molecule has 28 heavy (non-hydrogen) atoms. The molecule has 2 aromatic carbocycles. The predicted molar refractivity (Wildman–Crippen MR) is 103 cm³/mol. The Balaban J connectivity index is 2.29. The Morgan fingerprint density at radius 2 is 1.79 bits per heavy atom. The van der Waals surface area contributed by atoms with Crippen LogP contribution < -0.4 is 10.6 Å². The number of benzene rings is 2. The van der Waals surface area contributed by atoms with Crippen molar-refractivity contribution in [3.8, 4) is 0 Å². The van der Waals surface area contributed by atoms with Crippen LogP contribution in [0.25, 0.3) is 0 Å². The van der Waals surface area contributed by atoms with Crippen LogP contribution in [0.5, 0.6) is 0 Å². The van der Waals surface area contributed by atoms with Crippen LogP contribution in [0.4, 0.5) is 10.1 Å². The molecule has 0 saturated carbocycles. The van der Waals surface area contributed by atoms with Crippen LogP contribution in [0.2, 0.25) is 0 Å². The maximum Gasteiger partial charge on any atom is 0.308 e. The van der Waals surface area contributed by atoms with E-state index in [1.807, 2.05) is 0 Å². The quantitative estimate of drug-likeness (QED) is 0.715. The monoisotopic (exact) mass is 386 g/mol. The Morgan fingerprint density at radius 3 is 2.39 bits per heavy atom. The van der Waals surface area contributed by atoms with Gasteiger partial charge in [-0.2, -0.15) is 0 Å². The maximum atomic E-state index is 13.3. The molecule has 0 bridgehead atoms. The minimum Gasteiger partial charge on any atom is -0.469 e. The van der Waals surface area contributed by atoms with Crippen LogP contribution in [-0.4, -0.2) is 24.9 Å². The fourth-order valence-electron chi connectivity index (χ4n) is 2.71. The molecule has 0 aromatic heterocycles. The van der Waals surface area contributed by atoms with Gasteiger partial charge >= 0.3 is 5.97 Å². The molecule has 0 spiro atoms. The van der Waals surface area contributed by atoms with Gasteiger partial charge in [-0.1, -0.05) is 25.1 Å². The van der Waals surface area contributed by atoms with E-state index in [-0.39, 0.29) is 12.3 Å². The first-order valence-electron chi connectivity index (χ1n) is 8.82. The molecular weight excluding hydrogens is 363 g/mol. The Hall–Kier alpha value is -3.22. The summed E-state index contributed by atoms with van der Waals surface area (Å²) < 4.78 is 18.0. The molecule has 1 unspecified atom stereocenters. The number of esters is 1. The fourth-order valence-corrected chi connectivity index (χ4v) is 2.71. The number of methoxy groups -OCH3 is 1. The fraction of sp³-hybridized carbons (Fsp3) is 0.286. The average molecular weight is 386 g/mol. The third-order valence-electron chi connectivity index (χ3n) is 4.33. The lowest BCUT2D eigenvalue weighted by Crippen LogP contribution is -2.45. The van der Waals surface area contributed by atoms with Gasteiger partial charge in [0.1, 0.15) is 5.82 Å². The van der Waals surface area contributed by atoms with E-state index < -0.39 is 23.2 Å². The number of hydrogen-bond acceptors (Lipinski definition) is 4. The Kier molecular flexibility index (Phi) is 6.87. The molecule has 0 saturated heterocycles. The molecule has 0 heterocycles. The SMILES string of the molecule is CCC(=O)Nc1cccc(C(=O)NC(C)(CC(=O)OC)c2ccc(F)cc2)c1. The van der Waals surface area contributed by atoms with E-state index in [0.717, 1.165) is 0 Å². The summed E-state index contributed by atoms with van der Waals surface area (Å²) in [6.45, 7) is 3.39. The van der Waals surface area contributed by atoms with Gasteiger partial charge in [-0.15, -0.1) is 0 Å². The highest BCUT2D eigenvalue weighted by atomic mass is 19.1. The van der Waals surface area contributed by atoms with E-state index in [0.29, 0.717) is 23.2 Å². The van der Waals surface area contributed by atoms with E-state index in [4.69, 9.17) is 4.74 Å². The predicted octanol–water partition coefficient (Wildman–Crippen LogP) is 3.38. The zero-order valence-electron chi connectivity index (χ0n) is 16.0. The highest BCUT2D eigenvalue weighted by molar-refractivity contribution is 5.97. The van der Waals surface area contributed by atoms with Crippen molar-refractivity contribution >= 4 is 23.5 Å². The van der Waals surface area contributed by atoms with Gasteiger partial charge in [0.2, 0.25) is 5.91 Å². The number of amides is 2. The summed E-state index contributed by atoms with van der Waals surface area (Å²) in [4.78, 5) is 36.3. The molecule has 148 valence electrons. The first kappa shape index (κ1) is 21.1. The number of carbonyl (C=O) groups excluding carboxylic acids is 3. The largest absolute Gasteiger partial charge is 0.469 e. The molecule has 2 rings (SSSR count). The van der Waals surface area contributed by atoms with Crippen molar-refractivity contribution in [2.24, 2.45) is 0 Å². The highest BCUT2D eigenvalue weighted by Crippen LogP contribution is 2.26. The lowest BCUT2D eigenvalue weighted by atomic mass is 9.88. The standard InChI is InChI=1S/C21H23FN2O4/c1-4-18(25)23-17-7-5-6-14(12-17)20(27)24-21(2,13-19(26)28-3)15-8-10-16(22)11-9-15/h5-12H,4,13H2,1-3H3,(H,23,25)(H,24,27). The van der Waals surface area contributed by atoms with Crippen LogP contribution >= 0.6 is 0 Å². The van der Waals surface area contributed by atoms with Crippen molar-refractivity contribution in [3.05, 3.63) is 65.5 Å². The van der Waals surface area contributed by atoms with Crippen LogP contribution in [0.15, 0.2) is 48.5 Å². The van der Waals surface area contributed by atoms with Crippen molar-refractivity contribution in [1.82, 2.24) is 5.32 Å². The first-order chi connectivity index (χ1) is 13.3. The number of carbonyl (C=O) groups is 3. The van der Waals surface area contributed by atoms with Gasteiger partial charge in [-0.05, 0) is 42.8 Å². The third-order valence-corrected chi connectivity index (χ3v) is 4.33. The summed E-state index contributed by atoms with van der Waals surface area (Å²) in [5.41, 5.74) is 0.256. The second-order valence-corrected chi connectivity index (χ2v) is 6.53. The molecule has 0 aliphatic heterocycles. The number of halogens is 1. The van der Waals surface area contributed by atoms with Gasteiger partial charge in [0, 0.05) is 17.7 Å². The van der Waals surface area contributed by atoms with Gasteiger partial charge in [-0.3, -0.25) is 14.4 Å². The number of hydrogen-bond donors (Lipinski definition) is 2. The minimum absolute atomic E-state index is 0.132.